The second kappa shape index (κ2) is 16.8. The Morgan fingerprint density at radius 2 is 1.77 bits per heavy atom. The Labute approximate surface area is 297 Å². The smallest absolute Gasteiger partial charge is 0.331 e. The standard InChI is InChI=1S/C45H76O3/c1-12-35(31(2)3)19-18-34(6)39-22-23-40-38-21-20-36-30-37(24-27-44(36,9)41(38)25-28-45(39,40)10)48-42(46)29-33(5)16-13-15-32(4)17-14-26-43(7,8)47-11/h13,16,20,29,31-32,34-35,37-41H,12,14-15,17-19,21-28,30H2,1-11H3/b16-13+,33-29-/t32-,34-,35-,37-,38+,39-,40+,41+,44+,45-/m1/s1. The average molecular weight is 665 g/mol. The average Bonchev–Trinajstić information content (AvgIpc) is 3.38. The van der Waals surface area contributed by atoms with Gasteiger partial charge >= 0.3 is 5.97 Å². The number of ether oxygens (including phenoxy) is 2. The van der Waals surface area contributed by atoms with E-state index >= 15 is 0 Å². The molecule has 3 fully saturated rings. The van der Waals surface area contributed by atoms with Gasteiger partial charge in [-0.1, -0.05) is 98.0 Å². The van der Waals surface area contributed by atoms with Crippen LogP contribution in [0, 0.1) is 58.2 Å². The summed E-state index contributed by atoms with van der Waals surface area (Å²) in [6.45, 7) is 23.8. The molecule has 0 aromatic heterocycles. The molecule has 3 heteroatoms. The van der Waals surface area contributed by atoms with Crippen molar-refractivity contribution in [1.29, 1.82) is 0 Å². The van der Waals surface area contributed by atoms with Crippen molar-refractivity contribution in [2.45, 2.75) is 177 Å². The maximum atomic E-state index is 13.0. The molecule has 0 aliphatic heterocycles. The molecule has 0 spiro atoms. The molecular weight excluding hydrogens is 588 g/mol. The number of esters is 1. The van der Waals surface area contributed by atoms with Gasteiger partial charge in [0.15, 0.2) is 0 Å². The minimum Gasteiger partial charge on any atom is -0.459 e. The van der Waals surface area contributed by atoms with Gasteiger partial charge in [-0.05, 0) is 149 Å². The molecule has 0 aromatic carbocycles. The third-order valence-corrected chi connectivity index (χ3v) is 14.9. The van der Waals surface area contributed by atoms with Crippen LogP contribution in [-0.2, 0) is 14.3 Å². The highest BCUT2D eigenvalue weighted by Crippen LogP contribution is 2.67. The van der Waals surface area contributed by atoms with Gasteiger partial charge in [0, 0.05) is 19.6 Å². The van der Waals surface area contributed by atoms with Gasteiger partial charge in [0.05, 0.1) is 5.60 Å². The fourth-order valence-corrected chi connectivity index (χ4v) is 11.4. The Hall–Kier alpha value is -1.35. The summed E-state index contributed by atoms with van der Waals surface area (Å²) < 4.78 is 11.7. The maximum Gasteiger partial charge on any atom is 0.331 e. The lowest BCUT2D eigenvalue weighted by atomic mass is 9.47. The van der Waals surface area contributed by atoms with E-state index in [1.165, 1.54) is 64.2 Å². The molecule has 0 N–H and O–H groups in total. The first kappa shape index (κ1) is 39.4. The van der Waals surface area contributed by atoms with Crippen LogP contribution in [0.1, 0.15) is 166 Å². The van der Waals surface area contributed by atoms with Crippen molar-refractivity contribution in [2.75, 3.05) is 7.11 Å². The molecule has 0 amide bonds. The van der Waals surface area contributed by atoms with Gasteiger partial charge in [-0.25, -0.2) is 4.79 Å². The predicted octanol–water partition coefficient (Wildman–Crippen LogP) is 12.7. The van der Waals surface area contributed by atoms with Gasteiger partial charge in [-0.15, -0.1) is 0 Å². The summed E-state index contributed by atoms with van der Waals surface area (Å²) in [6, 6.07) is 0. The molecule has 4 aliphatic carbocycles. The molecule has 10 atom stereocenters. The van der Waals surface area contributed by atoms with Crippen LogP contribution in [0.5, 0.6) is 0 Å². The molecule has 3 nitrogen and oxygen atoms in total. The summed E-state index contributed by atoms with van der Waals surface area (Å²) in [4.78, 5) is 13.0. The Morgan fingerprint density at radius 3 is 2.46 bits per heavy atom. The van der Waals surface area contributed by atoms with Crippen molar-refractivity contribution in [3.8, 4) is 0 Å². The summed E-state index contributed by atoms with van der Waals surface area (Å²) in [5.74, 6) is 6.41. The Morgan fingerprint density at radius 1 is 1.02 bits per heavy atom. The molecule has 0 aromatic rings. The third-order valence-electron chi connectivity index (χ3n) is 14.9. The largest absolute Gasteiger partial charge is 0.459 e. The molecule has 0 bridgehead atoms. The molecule has 0 heterocycles. The van der Waals surface area contributed by atoms with Crippen LogP contribution in [0.2, 0.25) is 0 Å². The number of hydrogen-bond acceptors (Lipinski definition) is 3. The van der Waals surface area contributed by atoms with Gasteiger partial charge in [-0.2, -0.15) is 0 Å². The number of rotatable bonds is 16. The molecule has 4 aliphatic rings. The van der Waals surface area contributed by atoms with E-state index in [0.29, 0.717) is 11.3 Å². The summed E-state index contributed by atoms with van der Waals surface area (Å²) >= 11 is 0. The van der Waals surface area contributed by atoms with Crippen molar-refractivity contribution in [3.05, 3.63) is 35.5 Å². The highest BCUT2D eigenvalue weighted by Gasteiger charge is 2.59. The predicted molar refractivity (Wildman–Crippen MR) is 204 cm³/mol. The minimum absolute atomic E-state index is 0.0149. The first-order valence-electron chi connectivity index (χ1n) is 20.4. The van der Waals surface area contributed by atoms with Gasteiger partial charge < -0.3 is 9.47 Å². The zero-order valence-electron chi connectivity index (χ0n) is 33.3. The SMILES string of the molecule is CC[C@H](CC[C@@H](C)[C@H]1CC[C@H]2[C@@H]3CC=C4C[C@H](OC(=O)/C=C(C)\C=C\C[C@@H](C)CCCC(C)(C)OC)CC[C@]4(C)[C@H]3CC[C@]12C)C(C)C. The number of allylic oxidation sites excluding steroid dienone is 4. The normalized spacial score (nSPS) is 34.3. The summed E-state index contributed by atoms with van der Waals surface area (Å²) in [5, 5.41) is 0. The van der Waals surface area contributed by atoms with Crippen LogP contribution in [0.25, 0.3) is 0 Å². The van der Waals surface area contributed by atoms with Crippen molar-refractivity contribution in [1.82, 2.24) is 0 Å². The van der Waals surface area contributed by atoms with E-state index in [4.69, 9.17) is 9.47 Å². The zero-order valence-corrected chi connectivity index (χ0v) is 33.3. The molecule has 3 saturated carbocycles. The van der Waals surface area contributed by atoms with Crippen LogP contribution in [0.3, 0.4) is 0 Å². The lowest BCUT2D eigenvalue weighted by molar-refractivity contribution is -0.145. The number of carbonyl (C=O) groups excluding carboxylic acids is 1. The summed E-state index contributed by atoms with van der Waals surface area (Å²) in [7, 11) is 1.80. The van der Waals surface area contributed by atoms with E-state index in [2.05, 4.69) is 80.5 Å². The Kier molecular flexibility index (Phi) is 13.8. The van der Waals surface area contributed by atoms with Gasteiger partial charge in [0.2, 0.25) is 0 Å². The van der Waals surface area contributed by atoms with Crippen LogP contribution in [-0.4, -0.2) is 24.8 Å². The molecular formula is C45H76O3. The summed E-state index contributed by atoms with van der Waals surface area (Å²) in [5.41, 5.74) is 3.35. The van der Waals surface area contributed by atoms with E-state index in [0.717, 1.165) is 79.1 Å². The lowest BCUT2D eigenvalue weighted by Crippen LogP contribution is -2.51. The zero-order chi connectivity index (χ0) is 35.3. The summed E-state index contributed by atoms with van der Waals surface area (Å²) in [6.07, 6.45) is 27.3. The fraction of sp³-hybridized carbons (Fsp3) is 0.844. The highest BCUT2D eigenvalue weighted by atomic mass is 16.5. The van der Waals surface area contributed by atoms with Crippen LogP contribution >= 0.6 is 0 Å². The monoisotopic (exact) mass is 665 g/mol. The number of hydrogen-bond donors (Lipinski definition) is 0. The van der Waals surface area contributed by atoms with E-state index in [-0.39, 0.29) is 23.1 Å². The number of fused-ring (bicyclic) bond motifs is 5. The van der Waals surface area contributed by atoms with E-state index in [1.807, 2.05) is 6.92 Å². The van der Waals surface area contributed by atoms with E-state index in [9.17, 15) is 4.79 Å². The van der Waals surface area contributed by atoms with Gasteiger partial charge in [-0.3, -0.25) is 0 Å². The number of methoxy groups -OCH3 is 1. The molecule has 0 saturated heterocycles. The topological polar surface area (TPSA) is 35.5 Å². The van der Waals surface area contributed by atoms with Crippen molar-refractivity contribution >= 4 is 5.97 Å². The van der Waals surface area contributed by atoms with Crippen molar-refractivity contribution in [2.24, 2.45) is 58.2 Å². The molecule has 48 heavy (non-hydrogen) atoms. The highest BCUT2D eigenvalue weighted by molar-refractivity contribution is 5.83. The minimum atomic E-state index is -0.173. The lowest BCUT2D eigenvalue weighted by Gasteiger charge is -2.58. The maximum absolute atomic E-state index is 13.0. The second-order valence-corrected chi connectivity index (χ2v) is 18.7. The Balaban J connectivity index is 1.28. The van der Waals surface area contributed by atoms with Crippen LogP contribution in [0.4, 0.5) is 0 Å². The van der Waals surface area contributed by atoms with Crippen molar-refractivity contribution in [3.63, 3.8) is 0 Å². The fourth-order valence-electron chi connectivity index (χ4n) is 11.4. The molecule has 0 unspecified atom stereocenters. The van der Waals surface area contributed by atoms with Gasteiger partial charge in [0.1, 0.15) is 6.10 Å². The quantitative estimate of drug-likeness (QED) is 0.0713. The molecule has 274 valence electrons. The van der Waals surface area contributed by atoms with E-state index in [1.54, 1.807) is 18.8 Å². The van der Waals surface area contributed by atoms with Gasteiger partial charge in [0.25, 0.3) is 0 Å². The molecule has 4 rings (SSSR count). The third kappa shape index (κ3) is 9.30. The molecule has 0 radical (unpaired) electrons. The first-order valence-corrected chi connectivity index (χ1v) is 20.4. The first-order chi connectivity index (χ1) is 22.6. The van der Waals surface area contributed by atoms with E-state index < -0.39 is 0 Å². The number of carbonyl (C=O) groups is 1. The van der Waals surface area contributed by atoms with Crippen LogP contribution in [0.15, 0.2) is 35.5 Å². The van der Waals surface area contributed by atoms with Crippen LogP contribution < -0.4 is 0 Å². The van der Waals surface area contributed by atoms with Crippen molar-refractivity contribution < 1.29 is 14.3 Å². The Bertz CT molecular complexity index is 1140. The second-order valence-electron chi connectivity index (χ2n) is 18.7.